The molecule has 1 aliphatic heterocycles. The number of rotatable bonds is 6. The van der Waals surface area contributed by atoms with Gasteiger partial charge in [0.15, 0.2) is 0 Å². The summed E-state index contributed by atoms with van der Waals surface area (Å²) in [6.45, 7) is 3.53. The minimum absolute atomic E-state index is 0.422. The molecule has 7 heteroatoms. The molecule has 0 saturated carbocycles. The van der Waals surface area contributed by atoms with Crippen LogP contribution in [-0.2, 0) is 11.5 Å². The first-order valence-corrected chi connectivity index (χ1v) is 9.05. The number of methoxy groups -OCH3 is 1. The van der Waals surface area contributed by atoms with Crippen molar-refractivity contribution >= 4 is 16.7 Å². The Morgan fingerprint density at radius 2 is 2.38 bits per heavy atom. The lowest BCUT2D eigenvalue weighted by molar-refractivity contribution is 0.120. The first kappa shape index (κ1) is 16.9. The smallest absolute Gasteiger partial charge is 0.138 e. The van der Waals surface area contributed by atoms with E-state index >= 15 is 0 Å². The van der Waals surface area contributed by atoms with E-state index in [1.54, 1.807) is 11.8 Å². The molecule has 3 aromatic heterocycles. The van der Waals surface area contributed by atoms with Crippen molar-refractivity contribution in [3.63, 3.8) is 0 Å². The Hall–Kier alpha value is -2.51. The van der Waals surface area contributed by atoms with Gasteiger partial charge < -0.3 is 15.4 Å². The molecule has 3 aromatic rings. The van der Waals surface area contributed by atoms with Crippen LogP contribution in [0.5, 0.6) is 0 Å². The summed E-state index contributed by atoms with van der Waals surface area (Å²) in [5.74, 6) is 1.51. The monoisotopic (exact) mass is 352 g/mol. The standard InChI is InChI=1S/C19H24N6O/c1-26-13-25-12-15(11-23-25)17-8-18-16(5-3-7-21-18)19(24-17)22-10-14-4-2-6-20-9-14/h3,5,7-8,11-12,14,20H,2,4,6,9-10,13H2,1H3,(H,22,24)/t14-/m1/s1. The van der Waals surface area contributed by atoms with Crippen molar-refractivity contribution in [3.8, 4) is 11.3 Å². The molecule has 4 rings (SSSR count). The first-order valence-electron chi connectivity index (χ1n) is 9.05. The topological polar surface area (TPSA) is 76.9 Å². The summed E-state index contributed by atoms with van der Waals surface area (Å²) < 4.78 is 6.88. The first-order chi connectivity index (χ1) is 12.8. The van der Waals surface area contributed by atoms with E-state index in [2.05, 4.69) is 26.8 Å². The van der Waals surface area contributed by atoms with E-state index in [1.807, 2.05) is 30.7 Å². The van der Waals surface area contributed by atoms with Gasteiger partial charge in [-0.15, -0.1) is 0 Å². The van der Waals surface area contributed by atoms with Crippen LogP contribution < -0.4 is 10.6 Å². The van der Waals surface area contributed by atoms with Crippen molar-refractivity contribution in [2.75, 3.05) is 32.1 Å². The molecular formula is C19H24N6O. The maximum absolute atomic E-state index is 5.13. The molecule has 0 aliphatic carbocycles. The molecule has 0 spiro atoms. The summed E-state index contributed by atoms with van der Waals surface area (Å²) in [4.78, 5) is 9.39. The Balaban J connectivity index is 1.63. The number of nitrogens with zero attached hydrogens (tertiary/aromatic N) is 4. The minimum Gasteiger partial charge on any atom is -0.369 e. The number of nitrogens with one attached hydrogen (secondary N) is 2. The predicted molar refractivity (Wildman–Crippen MR) is 102 cm³/mol. The van der Waals surface area contributed by atoms with E-state index in [9.17, 15) is 0 Å². The highest BCUT2D eigenvalue weighted by Crippen LogP contribution is 2.27. The molecule has 0 radical (unpaired) electrons. The van der Waals surface area contributed by atoms with Gasteiger partial charge in [-0.2, -0.15) is 5.10 Å². The van der Waals surface area contributed by atoms with Crippen LogP contribution in [0.4, 0.5) is 5.82 Å². The second kappa shape index (κ2) is 7.80. The third kappa shape index (κ3) is 3.68. The summed E-state index contributed by atoms with van der Waals surface area (Å²) >= 11 is 0. The molecule has 7 nitrogen and oxygen atoms in total. The average Bonchev–Trinajstić information content (AvgIpc) is 3.16. The second-order valence-electron chi connectivity index (χ2n) is 6.71. The molecule has 26 heavy (non-hydrogen) atoms. The summed E-state index contributed by atoms with van der Waals surface area (Å²) in [7, 11) is 1.65. The lowest BCUT2D eigenvalue weighted by atomic mass is 10.00. The van der Waals surface area contributed by atoms with Crippen LogP contribution in [0.2, 0.25) is 0 Å². The lowest BCUT2D eigenvalue weighted by Crippen LogP contribution is -2.33. The summed E-state index contributed by atoms with van der Waals surface area (Å²) in [6, 6.07) is 6.03. The normalized spacial score (nSPS) is 17.5. The fraction of sp³-hybridized carbons (Fsp3) is 0.421. The number of fused-ring (bicyclic) bond motifs is 1. The van der Waals surface area contributed by atoms with E-state index < -0.39 is 0 Å². The van der Waals surface area contributed by atoms with E-state index in [0.717, 1.165) is 47.6 Å². The molecular weight excluding hydrogens is 328 g/mol. The highest BCUT2D eigenvalue weighted by atomic mass is 16.5. The fourth-order valence-corrected chi connectivity index (χ4v) is 3.40. The molecule has 0 unspecified atom stereocenters. The molecule has 1 aliphatic rings. The van der Waals surface area contributed by atoms with Gasteiger partial charge in [-0.25, -0.2) is 9.67 Å². The maximum Gasteiger partial charge on any atom is 0.138 e. The number of hydrogen-bond acceptors (Lipinski definition) is 6. The lowest BCUT2D eigenvalue weighted by Gasteiger charge is -2.23. The van der Waals surface area contributed by atoms with E-state index in [1.165, 1.54) is 12.8 Å². The average molecular weight is 352 g/mol. The van der Waals surface area contributed by atoms with Crippen molar-refractivity contribution < 1.29 is 4.74 Å². The van der Waals surface area contributed by atoms with Gasteiger partial charge in [0.25, 0.3) is 0 Å². The maximum atomic E-state index is 5.13. The fourth-order valence-electron chi connectivity index (χ4n) is 3.40. The minimum atomic E-state index is 0.422. The van der Waals surface area contributed by atoms with Crippen LogP contribution in [0.15, 0.2) is 36.8 Å². The highest BCUT2D eigenvalue weighted by molar-refractivity contribution is 5.91. The van der Waals surface area contributed by atoms with Gasteiger partial charge in [-0.05, 0) is 50.0 Å². The summed E-state index contributed by atoms with van der Waals surface area (Å²) in [5.41, 5.74) is 2.75. The zero-order chi connectivity index (χ0) is 17.8. The van der Waals surface area contributed by atoms with Gasteiger partial charge >= 0.3 is 0 Å². The van der Waals surface area contributed by atoms with Crippen LogP contribution in [0.1, 0.15) is 12.8 Å². The number of ether oxygens (including phenoxy) is 1. The van der Waals surface area contributed by atoms with E-state index in [4.69, 9.17) is 9.72 Å². The zero-order valence-electron chi connectivity index (χ0n) is 15.0. The SMILES string of the molecule is COCn1cc(-c2cc3ncccc3c(NC[C@@H]3CCCNC3)n2)cn1. The second-order valence-corrected chi connectivity index (χ2v) is 6.71. The number of anilines is 1. The molecule has 136 valence electrons. The van der Waals surface area contributed by atoms with Crippen molar-refractivity contribution in [2.24, 2.45) is 5.92 Å². The van der Waals surface area contributed by atoms with E-state index in [-0.39, 0.29) is 0 Å². The molecule has 1 saturated heterocycles. The third-order valence-corrected chi connectivity index (χ3v) is 4.75. The van der Waals surface area contributed by atoms with Crippen molar-refractivity contribution in [1.29, 1.82) is 0 Å². The van der Waals surface area contributed by atoms with Gasteiger partial charge in [-0.1, -0.05) is 0 Å². The third-order valence-electron chi connectivity index (χ3n) is 4.75. The Bertz CT molecular complexity index is 871. The number of pyridine rings is 2. The Kier molecular flexibility index (Phi) is 5.08. The number of piperidine rings is 1. The van der Waals surface area contributed by atoms with Crippen LogP contribution in [0.3, 0.4) is 0 Å². The molecule has 4 heterocycles. The van der Waals surface area contributed by atoms with Crippen LogP contribution >= 0.6 is 0 Å². The molecule has 0 bridgehead atoms. The van der Waals surface area contributed by atoms with Gasteiger partial charge in [0.2, 0.25) is 0 Å². The van der Waals surface area contributed by atoms with Gasteiger partial charge in [0.1, 0.15) is 12.5 Å². The highest BCUT2D eigenvalue weighted by Gasteiger charge is 2.15. The Labute approximate surface area is 152 Å². The molecule has 1 fully saturated rings. The van der Waals surface area contributed by atoms with Crippen LogP contribution in [-0.4, -0.2) is 46.5 Å². The van der Waals surface area contributed by atoms with Crippen molar-refractivity contribution in [1.82, 2.24) is 25.1 Å². The quantitative estimate of drug-likeness (QED) is 0.710. The van der Waals surface area contributed by atoms with Crippen LogP contribution in [0.25, 0.3) is 22.2 Å². The predicted octanol–water partition coefficient (Wildman–Crippen LogP) is 2.51. The Morgan fingerprint density at radius 3 is 3.23 bits per heavy atom. The number of hydrogen-bond donors (Lipinski definition) is 2. The van der Waals surface area contributed by atoms with Gasteiger partial charge in [0, 0.05) is 37.0 Å². The molecule has 0 aromatic carbocycles. The summed E-state index contributed by atoms with van der Waals surface area (Å²) in [5, 5.41) is 12.4. The largest absolute Gasteiger partial charge is 0.369 e. The van der Waals surface area contributed by atoms with Crippen molar-refractivity contribution in [2.45, 2.75) is 19.6 Å². The molecule has 1 atom stereocenters. The van der Waals surface area contributed by atoms with Gasteiger partial charge in [-0.3, -0.25) is 4.98 Å². The number of aromatic nitrogens is 4. The van der Waals surface area contributed by atoms with Gasteiger partial charge in [0.05, 0.1) is 17.4 Å². The molecule has 0 amide bonds. The van der Waals surface area contributed by atoms with Crippen molar-refractivity contribution in [3.05, 3.63) is 36.8 Å². The van der Waals surface area contributed by atoms with E-state index in [0.29, 0.717) is 12.6 Å². The van der Waals surface area contributed by atoms with Crippen LogP contribution in [0, 0.1) is 5.92 Å². The summed E-state index contributed by atoms with van der Waals surface area (Å²) in [6.07, 6.45) is 8.05. The zero-order valence-corrected chi connectivity index (χ0v) is 15.0. The molecule has 2 N–H and O–H groups in total. The Morgan fingerprint density at radius 1 is 1.42 bits per heavy atom.